The van der Waals surface area contributed by atoms with Crippen LogP contribution in [0.4, 0.5) is 0 Å². The van der Waals surface area contributed by atoms with E-state index in [0.29, 0.717) is 5.15 Å². The van der Waals surface area contributed by atoms with E-state index in [1.807, 2.05) is 33.8 Å². The predicted octanol–water partition coefficient (Wildman–Crippen LogP) is 2.85. The van der Waals surface area contributed by atoms with Gasteiger partial charge in [0.1, 0.15) is 5.15 Å². The van der Waals surface area contributed by atoms with Crippen LogP contribution in [0.1, 0.15) is 39.3 Å². The number of halogens is 1. The Morgan fingerprint density at radius 1 is 1.50 bits per heavy atom. The van der Waals surface area contributed by atoms with Crippen LogP contribution in [0.15, 0.2) is 18.3 Å². The minimum Gasteiger partial charge on any atom is -0.245 e. The van der Waals surface area contributed by atoms with Gasteiger partial charge in [-0.1, -0.05) is 11.6 Å². The molecule has 0 aliphatic heterocycles. The lowest BCUT2D eigenvalue weighted by molar-refractivity contribution is 0.616. The maximum atomic E-state index is 11.9. The van der Waals surface area contributed by atoms with Gasteiger partial charge in [0.05, 0.1) is 15.7 Å². The Hall–Kier alpha value is -0.450. The van der Waals surface area contributed by atoms with Gasteiger partial charge in [-0.2, -0.15) is 0 Å². The number of rotatable bonds is 3. The van der Waals surface area contributed by atoms with Crippen LogP contribution in [0.2, 0.25) is 5.15 Å². The molecule has 0 radical (unpaired) electrons. The zero-order valence-corrected chi connectivity index (χ0v) is 11.5. The second-order valence-corrected chi connectivity index (χ2v) is 7.02. The van der Waals surface area contributed by atoms with E-state index < -0.39 is 11.0 Å². The van der Waals surface area contributed by atoms with Crippen LogP contribution in [0.25, 0.3) is 0 Å². The van der Waals surface area contributed by atoms with Crippen molar-refractivity contribution in [2.75, 3.05) is 0 Å². The van der Waals surface area contributed by atoms with Gasteiger partial charge in [-0.25, -0.2) is 13.9 Å². The molecule has 1 aromatic heterocycles. The predicted molar refractivity (Wildman–Crippen MR) is 68.7 cm³/mol. The molecule has 3 nitrogen and oxygen atoms in total. The lowest BCUT2D eigenvalue weighted by atomic mass is 10.1. The van der Waals surface area contributed by atoms with E-state index >= 15 is 0 Å². The first-order valence-electron chi connectivity index (χ1n) is 5.10. The summed E-state index contributed by atoms with van der Waals surface area (Å²) in [6, 6.07) is 3.63. The molecule has 90 valence electrons. The summed E-state index contributed by atoms with van der Waals surface area (Å²) >= 11 is 5.80. The van der Waals surface area contributed by atoms with Crippen LogP contribution >= 0.6 is 11.6 Å². The SMILES string of the molecule is C[C@@H](N[S@@](=O)C(C)(C)C)c1ccnc(Cl)c1. The third kappa shape index (κ3) is 3.85. The van der Waals surface area contributed by atoms with E-state index in [9.17, 15) is 4.21 Å². The van der Waals surface area contributed by atoms with Crippen molar-refractivity contribution in [2.45, 2.75) is 38.5 Å². The van der Waals surface area contributed by atoms with Crippen LogP contribution in [0.5, 0.6) is 0 Å². The Morgan fingerprint density at radius 3 is 2.62 bits per heavy atom. The van der Waals surface area contributed by atoms with Gasteiger partial charge < -0.3 is 0 Å². The van der Waals surface area contributed by atoms with Crippen molar-refractivity contribution < 1.29 is 4.21 Å². The fourth-order valence-electron chi connectivity index (χ4n) is 1.09. The fraction of sp³-hybridized carbons (Fsp3) is 0.545. The summed E-state index contributed by atoms with van der Waals surface area (Å²) in [5.74, 6) is 0. The first kappa shape index (κ1) is 13.6. The van der Waals surface area contributed by atoms with E-state index in [4.69, 9.17) is 11.6 Å². The van der Waals surface area contributed by atoms with Gasteiger partial charge >= 0.3 is 0 Å². The lowest BCUT2D eigenvalue weighted by Gasteiger charge is -2.22. The number of hydrogen-bond acceptors (Lipinski definition) is 2. The molecule has 0 amide bonds. The zero-order valence-electron chi connectivity index (χ0n) is 9.95. The highest BCUT2D eigenvalue weighted by Gasteiger charge is 2.21. The van der Waals surface area contributed by atoms with Crippen molar-refractivity contribution in [1.82, 2.24) is 9.71 Å². The van der Waals surface area contributed by atoms with E-state index in [0.717, 1.165) is 5.56 Å². The van der Waals surface area contributed by atoms with Crippen LogP contribution in [-0.4, -0.2) is 13.9 Å². The Kier molecular flexibility index (Phi) is 4.47. The van der Waals surface area contributed by atoms with Gasteiger partial charge in [-0.15, -0.1) is 0 Å². The molecule has 0 fully saturated rings. The van der Waals surface area contributed by atoms with Crippen LogP contribution in [0.3, 0.4) is 0 Å². The molecule has 1 rings (SSSR count). The van der Waals surface area contributed by atoms with Gasteiger partial charge in [-0.3, -0.25) is 0 Å². The third-order valence-corrected chi connectivity index (χ3v) is 3.98. The molecule has 0 saturated heterocycles. The molecule has 2 atom stereocenters. The first-order chi connectivity index (χ1) is 7.30. The van der Waals surface area contributed by atoms with Crippen molar-refractivity contribution in [2.24, 2.45) is 0 Å². The normalized spacial score (nSPS) is 15.8. The summed E-state index contributed by atoms with van der Waals surface area (Å²) in [5, 5.41) is 0.452. The second-order valence-electron chi connectivity index (χ2n) is 4.63. The fourth-order valence-corrected chi connectivity index (χ4v) is 2.09. The summed E-state index contributed by atoms with van der Waals surface area (Å²) in [6.07, 6.45) is 1.65. The topological polar surface area (TPSA) is 42.0 Å². The van der Waals surface area contributed by atoms with Crippen LogP contribution in [-0.2, 0) is 11.0 Å². The Morgan fingerprint density at radius 2 is 2.12 bits per heavy atom. The smallest absolute Gasteiger partial charge is 0.129 e. The van der Waals surface area contributed by atoms with E-state index in [1.165, 1.54) is 0 Å². The van der Waals surface area contributed by atoms with E-state index in [2.05, 4.69) is 9.71 Å². The molecule has 1 heterocycles. The summed E-state index contributed by atoms with van der Waals surface area (Å²) in [5.41, 5.74) is 0.984. The number of hydrogen-bond donors (Lipinski definition) is 1. The Labute approximate surface area is 104 Å². The van der Waals surface area contributed by atoms with Crippen molar-refractivity contribution in [1.29, 1.82) is 0 Å². The molecule has 0 spiro atoms. The monoisotopic (exact) mass is 260 g/mol. The zero-order chi connectivity index (χ0) is 12.3. The summed E-state index contributed by atoms with van der Waals surface area (Å²) in [6.45, 7) is 7.75. The third-order valence-electron chi connectivity index (χ3n) is 2.09. The number of nitrogens with zero attached hydrogens (tertiary/aromatic N) is 1. The summed E-state index contributed by atoms with van der Waals surface area (Å²) < 4.78 is 14.7. The van der Waals surface area contributed by atoms with Crippen molar-refractivity contribution in [3.63, 3.8) is 0 Å². The molecule has 0 aliphatic carbocycles. The molecule has 5 heteroatoms. The number of aromatic nitrogens is 1. The standard InChI is InChI=1S/C11H17ClN2OS/c1-8(14-16(15)11(2,3)4)9-5-6-13-10(12)7-9/h5-8,14H,1-4H3/t8-,16+/m1/s1. The van der Waals surface area contributed by atoms with E-state index in [-0.39, 0.29) is 10.8 Å². The number of nitrogens with one attached hydrogen (secondary N) is 1. The molecular weight excluding hydrogens is 244 g/mol. The average Bonchev–Trinajstić information content (AvgIpc) is 2.16. The molecular formula is C11H17ClN2OS. The molecule has 1 N–H and O–H groups in total. The number of pyridine rings is 1. The van der Waals surface area contributed by atoms with Crippen LogP contribution < -0.4 is 4.72 Å². The Balaban J connectivity index is 2.73. The van der Waals surface area contributed by atoms with E-state index in [1.54, 1.807) is 12.3 Å². The van der Waals surface area contributed by atoms with Gasteiger partial charge in [0, 0.05) is 12.2 Å². The molecule has 0 aliphatic rings. The minimum absolute atomic E-state index is 0.0134. The summed E-state index contributed by atoms with van der Waals surface area (Å²) in [4.78, 5) is 3.91. The second kappa shape index (κ2) is 5.25. The van der Waals surface area contributed by atoms with Crippen molar-refractivity contribution >= 4 is 22.6 Å². The molecule has 0 saturated carbocycles. The summed E-state index contributed by atoms with van der Waals surface area (Å²) in [7, 11) is -1.09. The molecule has 1 aromatic rings. The molecule has 0 bridgehead atoms. The maximum absolute atomic E-state index is 11.9. The molecule has 16 heavy (non-hydrogen) atoms. The molecule has 0 unspecified atom stereocenters. The molecule has 0 aromatic carbocycles. The minimum atomic E-state index is -1.09. The largest absolute Gasteiger partial charge is 0.245 e. The van der Waals surface area contributed by atoms with Gasteiger partial charge in [0.2, 0.25) is 0 Å². The lowest BCUT2D eigenvalue weighted by Crippen LogP contribution is -2.34. The van der Waals surface area contributed by atoms with Crippen molar-refractivity contribution in [3.8, 4) is 0 Å². The quantitative estimate of drug-likeness (QED) is 0.850. The highest BCUT2D eigenvalue weighted by atomic mass is 35.5. The maximum Gasteiger partial charge on any atom is 0.129 e. The van der Waals surface area contributed by atoms with Gasteiger partial charge in [-0.05, 0) is 45.4 Å². The average molecular weight is 261 g/mol. The van der Waals surface area contributed by atoms with Crippen LogP contribution in [0, 0.1) is 0 Å². The first-order valence-corrected chi connectivity index (χ1v) is 6.63. The van der Waals surface area contributed by atoms with Crippen molar-refractivity contribution in [3.05, 3.63) is 29.0 Å². The Bertz CT molecular complexity index is 390. The highest BCUT2D eigenvalue weighted by molar-refractivity contribution is 7.84. The highest BCUT2D eigenvalue weighted by Crippen LogP contribution is 2.18. The van der Waals surface area contributed by atoms with Gasteiger partial charge in [0.15, 0.2) is 0 Å². The van der Waals surface area contributed by atoms with Gasteiger partial charge in [0.25, 0.3) is 0 Å².